The average Bonchev–Trinajstić information content (AvgIpc) is 2.49. The molecule has 0 radical (unpaired) electrons. The average molecular weight is 324 g/mol. The molecule has 2 rings (SSSR count). The molecule has 0 bridgehead atoms. The van der Waals surface area contributed by atoms with E-state index in [4.69, 9.17) is 0 Å². The van der Waals surface area contributed by atoms with Crippen molar-refractivity contribution in [3.8, 4) is 5.75 Å². The standard InChI is InChI=1S/C14H10F2N2O5/c15-14(16)23-11-4-1-9(2-5-11)12(19)8-17-7-10(18(21)22)3-6-13(17)20/h1-7,14H,8H2. The second-order valence-corrected chi connectivity index (χ2v) is 4.44. The van der Waals surface area contributed by atoms with E-state index in [1.807, 2.05) is 0 Å². The summed E-state index contributed by atoms with van der Waals surface area (Å²) < 4.78 is 29.1. The Morgan fingerprint density at radius 1 is 1.22 bits per heavy atom. The van der Waals surface area contributed by atoms with E-state index in [1.54, 1.807) is 0 Å². The molecule has 9 heteroatoms. The van der Waals surface area contributed by atoms with Crippen molar-refractivity contribution < 1.29 is 23.2 Å². The number of nitrogens with zero attached hydrogens (tertiary/aromatic N) is 2. The minimum absolute atomic E-state index is 0.107. The summed E-state index contributed by atoms with van der Waals surface area (Å²) in [6.45, 7) is -3.38. The zero-order valence-electron chi connectivity index (χ0n) is 11.5. The highest BCUT2D eigenvalue weighted by molar-refractivity contribution is 5.96. The second kappa shape index (κ2) is 6.77. The molecule has 2 aromatic rings. The summed E-state index contributed by atoms with van der Waals surface area (Å²) in [4.78, 5) is 33.7. The maximum atomic E-state index is 12.1. The number of nitro groups is 1. The van der Waals surface area contributed by atoms with E-state index in [2.05, 4.69) is 4.74 Å². The third kappa shape index (κ3) is 4.19. The van der Waals surface area contributed by atoms with Crippen molar-refractivity contribution in [1.82, 2.24) is 4.57 Å². The Bertz CT molecular complexity index is 786. The second-order valence-electron chi connectivity index (χ2n) is 4.44. The molecule has 7 nitrogen and oxygen atoms in total. The molecular formula is C14H10F2N2O5. The SMILES string of the molecule is O=C(Cn1cc([N+](=O)[O-])ccc1=O)c1ccc(OC(F)F)cc1. The van der Waals surface area contributed by atoms with Crippen LogP contribution in [-0.4, -0.2) is 21.9 Å². The molecule has 0 spiro atoms. The lowest BCUT2D eigenvalue weighted by Crippen LogP contribution is -2.23. The number of ether oxygens (including phenoxy) is 1. The largest absolute Gasteiger partial charge is 0.435 e. The lowest BCUT2D eigenvalue weighted by molar-refractivity contribution is -0.385. The highest BCUT2D eigenvalue weighted by Crippen LogP contribution is 2.15. The van der Waals surface area contributed by atoms with Gasteiger partial charge in [-0.2, -0.15) is 8.78 Å². The van der Waals surface area contributed by atoms with Crippen LogP contribution >= 0.6 is 0 Å². The van der Waals surface area contributed by atoms with Crippen LogP contribution in [0.1, 0.15) is 10.4 Å². The summed E-state index contributed by atoms with van der Waals surface area (Å²) in [5, 5.41) is 10.7. The highest BCUT2D eigenvalue weighted by Gasteiger charge is 2.12. The Balaban J connectivity index is 2.17. The van der Waals surface area contributed by atoms with Crippen LogP contribution in [0, 0.1) is 10.1 Å². The van der Waals surface area contributed by atoms with Gasteiger partial charge < -0.3 is 9.30 Å². The monoisotopic (exact) mass is 324 g/mol. The van der Waals surface area contributed by atoms with Gasteiger partial charge in [0.15, 0.2) is 5.78 Å². The lowest BCUT2D eigenvalue weighted by atomic mass is 10.1. The van der Waals surface area contributed by atoms with Gasteiger partial charge in [-0.3, -0.25) is 19.7 Å². The number of ketones is 1. The molecule has 0 aliphatic heterocycles. The van der Waals surface area contributed by atoms with Crippen molar-refractivity contribution in [2.24, 2.45) is 0 Å². The Hall–Kier alpha value is -3.10. The molecular weight excluding hydrogens is 314 g/mol. The van der Waals surface area contributed by atoms with Crippen LogP contribution in [-0.2, 0) is 6.54 Å². The zero-order valence-corrected chi connectivity index (χ0v) is 11.5. The molecule has 0 N–H and O–H groups in total. The number of rotatable bonds is 6. The molecule has 0 saturated carbocycles. The fraction of sp³-hybridized carbons (Fsp3) is 0.143. The molecule has 0 aliphatic rings. The first kappa shape index (κ1) is 16.3. The summed E-state index contributed by atoms with van der Waals surface area (Å²) in [6, 6.07) is 6.95. The highest BCUT2D eigenvalue weighted by atomic mass is 19.3. The summed E-state index contributed by atoms with van der Waals surface area (Å²) in [6.07, 6.45) is 0.967. The van der Waals surface area contributed by atoms with E-state index < -0.39 is 29.4 Å². The van der Waals surface area contributed by atoms with Gasteiger partial charge in [-0.05, 0) is 24.3 Å². The van der Waals surface area contributed by atoms with Gasteiger partial charge in [-0.15, -0.1) is 0 Å². The molecule has 0 unspecified atom stereocenters. The number of aromatic nitrogens is 1. The molecule has 0 saturated heterocycles. The van der Waals surface area contributed by atoms with Gasteiger partial charge in [0.05, 0.1) is 17.7 Å². The van der Waals surface area contributed by atoms with Crippen molar-refractivity contribution in [3.63, 3.8) is 0 Å². The quantitative estimate of drug-likeness (QED) is 0.462. The normalized spacial score (nSPS) is 10.6. The van der Waals surface area contributed by atoms with Gasteiger partial charge in [0.1, 0.15) is 5.75 Å². The molecule has 0 aliphatic carbocycles. The Labute approximate surface area is 127 Å². The fourth-order valence-corrected chi connectivity index (χ4v) is 1.82. The van der Waals surface area contributed by atoms with Gasteiger partial charge in [0.2, 0.25) is 0 Å². The predicted octanol–water partition coefficient (Wildman–Crippen LogP) is 2.24. The molecule has 1 aromatic heterocycles. The van der Waals surface area contributed by atoms with E-state index in [-0.39, 0.29) is 17.0 Å². The molecule has 1 aromatic carbocycles. The first-order chi connectivity index (χ1) is 10.9. The third-order valence-electron chi connectivity index (χ3n) is 2.89. The van der Waals surface area contributed by atoms with E-state index in [0.29, 0.717) is 0 Å². The van der Waals surface area contributed by atoms with E-state index in [9.17, 15) is 28.5 Å². The molecule has 120 valence electrons. The van der Waals surface area contributed by atoms with Gasteiger partial charge in [-0.25, -0.2) is 0 Å². The molecule has 0 atom stereocenters. The van der Waals surface area contributed by atoms with E-state index >= 15 is 0 Å². The first-order valence-electron chi connectivity index (χ1n) is 6.30. The van der Waals surface area contributed by atoms with Gasteiger partial charge >= 0.3 is 6.61 Å². The fourth-order valence-electron chi connectivity index (χ4n) is 1.82. The maximum absolute atomic E-state index is 12.1. The maximum Gasteiger partial charge on any atom is 0.387 e. The summed E-state index contributed by atoms with van der Waals surface area (Å²) in [5.41, 5.74) is -0.732. The number of benzene rings is 1. The number of halogens is 2. The van der Waals surface area contributed by atoms with Crippen LogP contribution < -0.4 is 10.3 Å². The number of Topliss-reactive ketones (excluding diaryl/α,β-unsaturated/α-hetero) is 1. The van der Waals surface area contributed by atoms with Crippen molar-refractivity contribution in [2.75, 3.05) is 0 Å². The van der Waals surface area contributed by atoms with Crippen molar-refractivity contribution in [3.05, 3.63) is 68.6 Å². The number of pyridine rings is 1. The van der Waals surface area contributed by atoms with Crippen LogP contribution in [0.2, 0.25) is 0 Å². The molecule has 0 amide bonds. The van der Waals surface area contributed by atoms with Gasteiger partial charge in [0, 0.05) is 17.7 Å². The van der Waals surface area contributed by atoms with Gasteiger partial charge in [0.25, 0.3) is 11.2 Å². The van der Waals surface area contributed by atoms with Crippen LogP contribution in [0.3, 0.4) is 0 Å². The third-order valence-corrected chi connectivity index (χ3v) is 2.89. The minimum atomic E-state index is -2.97. The van der Waals surface area contributed by atoms with Crippen molar-refractivity contribution in [2.45, 2.75) is 13.2 Å². The smallest absolute Gasteiger partial charge is 0.387 e. The Kier molecular flexibility index (Phi) is 4.79. The van der Waals surface area contributed by atoms with E-state index in [0.717, 1.165) is 22.9 Å². The summed E-state index contributed by atoms with van der Waals surface area (Å²) in [5.74, 6) is -0.611. The van der Waals surface area contributed by atoms with Gasteiger partial charge in [-0.1, -0.05) is 0 Å². The van der Waals surface area contributed by atoms with Crippen LogP contribution in [0.15, 0.2) is 47.4 Å². The van der Waals surface area contributed by atoms with Crippen LogP contribution in [0.25, 0.3) is 0 Å². The number of alkyl halides is 2. The van der Waals surface area contributed by atoms with E-state index in [1.165, 1.54) is 24.3 Å². The molecule has 0 fully saturated rings. The molecule has 23 heavy (non-hydrogen) atoms. The predicted molar refractivity (Wildman–Crippen MR) is 74.8 cm³/mol. The van der Waals surface area contributed by atoms with Crippen LogP contribution in [0.5, 0.6) is 5.75 Å². The lowest BCUT2D eigenvalue weighted by Gasteiger charge is -2.07. The summed E-state index contributed by atoms with van der Waals surface area (Å²) >= 11 is 0. The first-order valence-corrected chi connectivity index (χ1v) is 6.30. The molecule has 1 heterocycles. The topological polar surface area (TPSA) is 91.4 Å². The van der Waals surface area contributed by atoms with Crippen molar-refractivity contribution >= 4 is 11.5 Å². The van der Waals surface area contributed by atoms with Crippen LogP contribution in [0.4, 0.5) is 14.5 Å². The number of carbonyl (C=O) groups is 1. The Morgan fingerprint density at radius 3 is 2.43 bits per heavy atom. The number of hydrogen-bond acceptors (Lipinski definition) is 5. The Morgan fingerprint density at radius 2 is 1.87 bits per heavy atom. The number of carbonyl (C=O) groups excluding carboxylic acids is 1. The summed E-state index contributed by atoms with van der Waals surface area (Å²) in [7, 11) is 0. The zero-order chi connectivity index (χ0) is 17.0. The number of hydrogen-bond donors (Lipinski definition) is 0. The van der Waals surface area contributed by atoms with Crippen molar-refractivity contribution in [1.29, 1.82) is 0 Å². The minimum Gasteiger partial charge on any atom is -0.435 e.